The normalized spacial score (nSPS) is 25.2. The Balaban J connectivity index is 2.08. The van der Waals surface area contributed by atoms with Gasteiger partial charge in [0.15, 0.2) is 0 Å². The van der Waals surface area contributed by atoms with Crippen molar-refractivity contribution in [3.63, 3.8) is 0 Å². The molecule has 1 aliphatic rings. The van der Waals surface area contributed by atoms with Gasteiger partial charge in [-0.3, -0.25) is 4.90 Å². The number of benzene rings is 1. The van der Waals surface area contributed by atoms with Gasteiger partial charge in [0.2, 0.25) is 0 Å². The van der Waals surface area contributed by atoms with Gasteiger partial charge in [0, 0.05) is 38.3 Å². The molecule has 1 N–H and O–H groups in total. The standard InChI is InChI=1S/C18H30N2O/c1-14(2)10-17-11-19-18(16-8-6-5-7-9-16)12-20(17)15(3)13-21-4/h5-9,14-15,17-19H,10-13H2,1-4H3. The zero-order valence-electron chi connectivity index (χ0n) is 13.9. The third-order valence-electron chi connectivity index (χ3n) is 4.38. The molecule has 3 nitrogen and oxygen atoms in total. The fraction of sp³-hybridized carbons (Fsp3) is 0.667. The Morgan fingerprint density at radius 3 is 2.57 bits per heavy atom. The van der Waals surface area contributed by atoms with E-state index in [9.17, 15) is 0 Å². The van der Waals surface area contributed by atoms with Crippen LogP contribution in [0, 0.1) is 5.92 Å². The zero-order chi connectivity index (χ0) is 15.2. The van der Waals surface area contributed by atoms with E-state index in [0.29, 0.717) is 18.1 Å². The second-order valence-electron chi connectivity index (χ2n) is 6.66. The summed E-state index contributed by atoms with van der Waals surface area (Å²) >= 11 is 0. The molecule has 118 valence electrons. The van der Waals surface area contributed by atoms with E-state index in [2.05, 4.69) is 61.3 Å². The Hall–Kier alpha value is -0.900. The predicted molar refractivity (Wildman–Crippen MR) is 88.5 cm³/mol. The third kappa shape index (κ3) is 4.53. The summed E-state index contributed by atoms with van der Waals surface area (Å²) in [6.45, 7) is 9.82. The molecule has 2 rings (SSSR count). The van der Waals surface area contributed by atoms with Crippen LogP contribution in [0.1, 0.15) is 38.8 Å². The Morgan fingerprint density at radius 2 is 1.95 bits per heavy atom. The van der Waals surface area contributed by atoms with E-state index >= 15 is 0 Å². The highest BCUT2D eigenvalue weighted by Gasteiger charge is 2.31. The number of nitrogens with zero attached hydrogens (tertiary/aromatic N) is 1. The van der Waals surface area contributed by atoms with E-state index in [1.54, 1.807) is 7.11 Å². The number of nitrogens with one attached hydrogen (secondary N) is 1. The predicted octanol–water partition coefficient (Wildman–Crippen LogP) is 3.08. The van der Waals surface area contributed by atoms with Crippen LogP contribution in [-0.2, 0) is 4.74 Å². The van der Waals surface area contributed by atoms with E-state index in [0.717, 1.165) is 25.6 Å². The van der Waals surface area contributed by atoms with Crippen molar-refractivity contribution in [2.24, 2.45) is 5.92 Å². The van der Waals surface area contributed by atoms with Crippen LogP contribution in [0.3, 0.4) is 0 Å². The molecule has 1 aromatic rings. The van der Waals surface area contributed by atoms with Crippen LogP contribution in [-0.4, -0.2) is 43.8 Å². The van der Waals surface area contributed by atoms with Gasteiger partial charge >= 0.3 is 0 Å². The molecular weight excluding hydrogens is 260 g/mol. The second-order valence-corrected chi connectivity index (χ2v) is 6.66. The molecule has 1 aromatic carbocycles. The lowest BCUT2D eigenvalue weighted by Crippen LogP contribution is -2.56. The summed E-state index contributed by atoms with van der Waals surface area (Å²) in [7, 11) is 1.80. The maximum absolute atomic E-state index is 5.39. The Morgan fingerprint density at radius 1 is 1.24 bits per heavy atom. The van der Waals surface area contributed by atoms with Crippen LogP contribution in [0.5, 0.6) is 0 Å². The van der Waals surface area contributed by atoms with Crippen LogP contribution < -0.4 is 5.32 Å². The van der Waals surface area contributed by atoms with E-state index in [1.165, 1.54) is 12.0 Å². The zero-order valence-corrected chi connectivity index (χ0v) is 13.9. The maximum atomic E-state index is 5.39. The van der Waals surface area contributed by atoms with Gasteiger partial charge in [0.05, 0.1) is 6.61 Å². The van der Waals surface area contributed by atoms with Crippen molar-refractivity contribution in [1.29, 1.82) is 0 Å². The molecule has 0 aliphatic carbocycles. The average Bonchev–Trinajstić information content (AvgIpc) is 2.48. The van der Waals surface area contributed by atoms with Gasteiger partial charge in [-0.1, -0.05) is 44.2 Å². The van der Waals surface area contributed by atoms with Gasteiger partial charge in [-0.2, -0.15) is 0 Å². The Kier molecular flexibility index (Phi) is 6.22. The Bertz CT molecular complexity index is 407. The quantitative estimate of drug-likeness (QED) is 0.871. The van der Waals surface area contributed by atoms with Crippen molar-refractivity contribution in [3.8, 4) is 0 Å². The first-order chi connectivity index (χ1) is 10.1. The molecule has 0 bridgehead atoms. The molecule has 0 spiro atoms. The fourth-order valence-electron chi connectivity index (χ4n) is 3.37. The van der Waals surface area contributed by atoms with Crippen molar-refractivity contribution in [2.45, 2.75) is 45.3 Å². The minimum absolute atomic E-state index is 0.425. The van der Waals surface area contributed by atoms with Gasteiger partial charge in [0.25, 0.3) is 0 Å². The van der Waals surface area contributed by atoms with Crippen molar-refractivity contribution in [2.75, 3.05) is 26.8 Å². The molecule has 1 heterocycles. The fourth-order valence-corrected chi connectivity index (χ4v) is 3.37. The summed E-state index contributed by atoms with van der Waals surface area (Å²) in [5.41, 5.74) is 1.38. The summed E-state index contributed by atoms with van der Waals surface area (Å²) in [6, 6.07) is 12.3. The molecule has 3 heteroatoms. The largest absolute Gasteiger partial charge is 0.383 e. The smallest absolute Gasteiger partial charge is 0.0615 e. The molecule has 21 heavy (non-hydrogen) atoms. The van der Waals surface area contributed by atoms with Crippen molar-refractivity contribution in [1.82, 2.24) is 10.2 Å². The van der Waals surface area contributed by atoms with Crippen molar-refractivity contribution >= 4 is 0 Å². The van der Waals surface area contributed by atoms with Gasteiger partial charge in [-0.05, 0) is 24.8 Å². The highest BCUT2D eigenvalue weighted by atomic mass is 16.5. The molecule has 0 amide bonds. The number of hydrogen-bond acceptors (Lipinski definition) is 3. The monoisotopic (exact) mass is 290 g/mol. The van der Waals surface area contributed by atoms with Crippen LogP contribution in [0.2, 0.25) is 0 Å². The number of ether oxygens (including phenoxy) is 1. The SMILES string of the molecule is COCC(C)N1CC(c2ccccc2)NCC1CC(C)C. The molecule has 1 aliphatic heterocycles. The summed E-state index contributed by atoms with van der Waals surface area (Å²) in [5.74, 6) is 0.724. The first-order valence-corrected chi connectivity index (χ1v) is 8.14. The minimum atomic E-state index is 0.425. The van der Waals surface area contributed by atoms with E-state index in [-0.39, 0.29) is 0 Å². The molecular formula is C18H30N2O. The van der Waals surface area contributed by atoms with Crippen LogP contribution in [0.4, 0.5) is 0 Å². The first-order valence-electron chi connectivity index (χ1n) is 8.14. The number of piperazine rings is 1. The molecule has 0 radical (unpaired) electrons. The molecule has 1 saturated heterocycles. The lowest BCUT2D eigenvalue weighted by Gasteiger charge is -2.44. The Labute approximate surface area is 129 Å². The van der Waals surface area contributed by atoms with Crippen LogP contribution in [0.25, 0.3) is 0 Å². The number of rotatable bonds is 6. The highest BCUT2D eigenvalue weighted by Crippen LogP contribution is 2.24. The highest BCUT2D eigenvalue weighted by molar-refractivity contribution is 5.20. The van der Waals surface area contributed by atoms with Gasteiger partial charge in [0.1, 0.15) is 0 Å². The second kappa shape index (κ2) is 7.92. The molecule has 1 fully saturated rings. The van der Waals surface area contributed by atoms with Crippen LogP contribution in [0.15, 0.2) is 30.3 Å². The van der Waals surface area contributed by atoms with Gasteiger partial charge in [-0.15, -0.1) is 0 Å². The summed E-state index contributed by atoms with van der Waals surface area (Å²) in [5, 5.41) is 3.74. The summed E-state index contributed by atoms with van der Waals surface area (Å²) < 4.78 is 5.39. The maximum Gasteiger partial charge on any atom is 0.0615 e. The van der Waals surface area contributed by atoms with E-state index in [1.807, 2.05) is 0 Å². The van der Waals surface area contributed by atoms with Gasteiger partial charge in [-0.25, -0.2) is 0 Å². The van der Waals surface area contributed by atoms with Gasteiger partial charge < -0.3 is 10.1 Å². The van der Waals surface area contributed by atoms with Crippen molar-refractivity contribution < 1.29 is 4.74 Å². The molecule has 0 saturated carbocycles. The number of hydrogen-bond donors (Lipinski definition) is 1. The van der Waals surface area contributed by atoms with E-state index in [4.69, 9.17) is 4.74 Å². The van der Waals surface area contributed by atoms with Crippen molar-refractivity contribution in [3.05, 3.63) is 35.9 Å². The summed E-state index contributed by atoms with van der Waals surface area (Å²) in [6.07, 6.45) is 1.24. The van der Waals surface area contributed by atoms with Crippen LogP contribution >= 0.6 is 0 Å². The third-order valence-corrected chi connectivity index (χ3v) is 4.38. The minimum Gasteiger partial charge on any atom is -0.383 e. The topological polar surface area (TPSA) is 24.5 Å². The number of methoxy groups -OCH3 is 1. The first kappa shape index (κ1) is 16.5. The summed E-state index contributed by atoms with van der Waals surface area (Å²) in [4.78, 5) is 2.64. The molecule has 0 aromatic heterocycles. The lowest BCUT2D eigenvalue weighted by molar-refractivity contribution is 0.0335. The molecule has 3 atom stereocenters. The lowest BCUT2D eigenvalue weighted by atomic mass is 9.95. The van der Waals surface area contributed by atoms with E-state index < -0.39 is 0 Å². The average molecular weight is 290 g/mol. The molecule has 3 unspecified atom stereocenters.